The van der Waals surface area contributed by atoms with Crippen molar-refractivity contribution >= 4 is 11.7 Å². The Hall–Kier alpha value is -1.62. The molecular weight excluding hydrogens is 232 g/mol. The van der Waals surface area contributed by atoms with Crippen LogP contribution in [0.3, 0.4) is 0 Å². The Bertz CT molecular complexity index is 463. The highest BCUT2D eigenvalue weighted by molar-refractivity contribution is 5.86. The van der Waals surface area contributed by atoms with E-state index in [1.165, 1.54) is 6.42 Å². The molecule has 5 heteroatoms. The van der Waals surface area contributed by atoms with Gasteiger partial charge in [-0.15, -0.1) is 0 Å². The molecule has 2 unspecified atom stereocenters. The summed E-state index contributed by atoms with van der Waals surface area (Å²) in [5.74, 6) is -0.979. The molecule has 1 aliphatic heterocycles. The molecule has 1 aliphatic carbocycles. The predicted octanol–water partition coefficient (Wildman–Crippen LogP) is 1.54. The summed E-state index contributed by atoms with van der Waals surface area (Å²) >= 11 is 0. The molecule has 1 N–H and O–H groups in total. The molecule has 0 amide bonds. The van der Waals surface area contributed by atoms with Crippen molar-refractivity contribution in [3.05, 3.63) is 24.0 Å². The Morgan fingerprint density at radius 3 is 3.22 bits per heavy atom. The van der Waals surface area contributed by atoms with E-state index in [2.05, 4.69) is 9.88 Å². The lowest BCUT2D eigenvalue weighted by Gasteiger charge is -2.39. The smallest absolute Gasteiger partial charge is 0.354 e. The molecule has 0 bridgehead atoms. The van der Waals surface area contributed by atoms with Crippen LogP contribution in [-0.2, 0) is 4.74 Å². The lowest BCUT2D eigenvalue weighted by molar-refractivity contribution is 0.0256. The van der Waals surface area contributed by atoms with Gasteiger partial charge in [0.2, 0.25) is 0 Å². The predicted molar refractivity (Wildman–Crippen MR) is 65.9 cm³/mol. The lowest BCUT2D eigenvalue weighted by Crippen LogP contribution is -2.48. The van der Waals surface area contributed by atoms with Gasteiger partial charge in [0.25, 0.3) is 0 Å². The van der Waals surface area contributed by atoms with Crippen LogP contribution in [0.4, 0.5) is 5.69 Å². The van der Waals surface area contributed by atoms with E-state index in [0.717, 1.165) is 25.1 Å². The molecule has 1 aromatic rings. The van der Waals surface area contributed by atoms with Gasteiger partial charge in [-0.25, -0.2) is 9.78 Å². The van der Waals surface area contributed by atoms with Crippen molar-refractivity contribution < 1.29 is 14.6 Å². The minimum absolute atomic E-state index is 0.105. The van der Waals surface area contributed by atoms with Gasteiger partial charge in [0.1, 0.15) is 5.69 Å². The number of aromatic carboxylic acids is 1. The molecule has 2 fully saturated rings. The fourth-order valence-corrected chi connectivity index (χ4v) is 2.96. The van der Waals surface area contributed by atoms with E-state index in [4.69, 9.17) is 9.84 Å². The standard InChI is InChI=1S/C13H16N2O3/c16-13(17)10-8-9(4-5-14-10)15-6-7-18-12-3-1-2-11(12)15/h4-5,8,11-12H,1-3,6-7H2,(H,16,17). The zero-order valence-electron chi connectivity index (χ0n) is 10.1. The normalized spacial score (nSPS) is 27.0. The van der Waals surface area contributed by atoms with Crippen LogP contribution in [0.25, 0.3) is 0 Å². The molecule has 1 aromatic heterocycles. The summed E-state index contributed by atoms with van der Waals surface area (Å²) in [5, 5.41) is 8.99. The highest BCUT2D eigenvalue weighted by Crippen LogP contribution is 2.33. The van der Waals surface area contributed by atoms with Gasteiger partial charge in [0, 0.05) is 18.4 Å². The Morgan fingerprint density at radius 1 is 1.50 bits per heavy atom. The minimum Gasteiger partial charge on any atom is -0.477 e. The number of nitrogens with zero attached hydrogens (tertiary/aromatic N) is 2. The molecule has 2 heterocycles. The Labute approximate surface area is 105 Å². The van der Waals surface area contributed by atoms with Crippen LogP contribution in [-0.4, -0.2) is 41.4 Å². The topological polar surface area (TPSA) is 62.7 Å². The highest BCUT2D eigenvalue weighted by atomic mass is 16.5. The number of hydrogen-bond donors (Lipinski definition) is 1. The summed E-state index contributed by atoms with van der Waals surface area (Å²) in [4.78, 5) is 17.1. The van der Waals surface area contributed by atoms with E-state index in [1.54, 1.807) is 12.3 Å². The summed E-state index contributed by atoms with van der Waals surface area (Å²) in [6.45, 7) is 1.54. The first-order valence-corrected chi connectivity index (χ1v) is 6.33. The van der Waals surface area contributed by atoms with Crippen LogP contribution >= 0.6 is 0 Å². The van der Waals surface area contributed by atoms with Crippen molar-refractivity contribution in [3.63, 3.8) is 0 Å². The van der Waals surface area contributed by atoms with Crippen LogP contribution in [0, 0.1) is 0 Å². The summed E-state index contributed by atoms with van der Waals surface area (Å²) in [6, 6.07) is 3.93. The summed E-state index contributed by atoms with van der Waals surface area (Å²) in [7, 11) is 0. The Balaban J connectivity index is 1.89. The second kappa shape index (κ2) is 4.57. The summed E-state index contributed by atoms with van der Waals surface area (Å²) in [6.07, 6.45) is 5.29. The van der Waals surface area contributed by atoms with Crippen molar-refractivity contribution in [1.82, 2.24) is 4.98 Å². The van der Waals surface area contributed by atoms with Crippen LogP contribution in [0.1, 0.15) is 29.8 Å². The maximum Gasteiger partial charge on any atom is 0.354 e. The number of ether oxygens (including phenoxy) is 1. The number of pyridine rings is 1. The van der Waals surface area contributed by atoms with Gasteiger partial charge in [-0.2, -0.15) is 0 Å². The fourth-order valence-electron chi connectivity index (χ4n) is 2.96. The first-order chi connectivity index (χ1) is 8.75. The molecule has 2 aliphatic rings. The second-order valence-corrected chi connectivity index (χ2v) is 4.81. The second-order valence-electron chi connectivity index (χ2n) is 4.81. The van der Waals surface area contributed by atoms with E-state index in [-0.39, 0.29) is 5.69 Å². The van der Waals surface area contributed by atoms with Crippen molar-refractivity contribution in [3.8, 4) is 0 Å². The number of aromatic nitrogens is 1. The molecule has 0 spiro atoms. The molecule has 1 saturated heterocycles. The summed E-state index contributed by atoms with van der Waals surface area (Å²) < 4.78 is 5.76. The van der Waals surface area contributed by atoms with E-state index in [1.807, 2.05) is 6.07 Å². The number of fused-ring (bicyclic) bond motifs is 1. The molecule has 1 saturated carbocycles. The van der Waals surface area contributed by atoms with Crippen LogP contribution in [0.15, 0.2) is 18.3 Å². The van der Waals surface area contributed by atoms with Gasteiger partial charge < -0.3 is 14.7 Å². The largest absolute Gasteiger partial charge is 0.477 e. The van der Waals surface area contributed by atoms with E-state index >= 15 is 0 Å². The maximum absolute atomic E-state index is 11.0. The van der Waals surface area contributed by atoms with E-state index < -0.39 is 5.97 Å². The monoisotopic (exact) mass is 248 g/mol. The lowest BCUT2D eigenvalue weighted by atomic mass is 10.1. The third-order valence-corrected chi connectivity index (χ3v) is 3.78. The summed E-state index contributed by atoms with van der Waals surface area (Å²) in [5.41, 5.74) is 1.05. The Kier molecular flexibility index (Phi) is 2.91. The van der Waals surface area contributed by atoms with Crippen molar-refractivity contribution in [1.29, 1.82) is 0 Å². The van der Waals surface area contributed by atoms with Crippen LogP contribution in [0.5, 0.6) is 0 Å². The zero-order valence-corrected chi connectivity index (χ0v) is 10.1. The number of carboxylic acids is 1. The quantitative estimate of drug-likeness (QED) is 0.860. The molecular formula is C13H16N2O3. The molecule has 0 aromatic carbocycles. The molecule has 0 radical (unpaired) electrons. The number of carbonyl (C=O) groups is 1. The molecule has 2 atom stereocenters. The van der Waals surface area contributed by atoms with Crippen LogP contribution < -0.4 is 4.90 Å². The highest BCUT2D eigenvalue weighted by Gasteiger charge is 2.36. The van der Waals surface area contributed by atoms with Gasteiger partial charge >= 0.3 is 5.97 Å². The molecule has 5 nitrogen and oxygen atoms in total. The van der Waals surface area contributed by atoms with Gasteiger partial charge in [0.05, 0.1) is 18.8 Å². The first kappa shape index (κ1) is 11.5. The van der Waals surface area contributed by atoms with E-state index in [9.17, 15) is 4.79 Å². The molecule has 18 heavy (non-hydrogen) atoms. The van der Waals surface area contributed by atoms with E-state index in [0.29, 0.717) is 18.8 Å². The van der Waals surface area contributed by atoms with Crippen LogP contribution in [0.2, 0.25) is 0 Å². The van der Waals surface area contributed by atoms with Crippen molar-refractivity contribution in [2.45, 2.75) is 31.4 Å². The van der Waals surface area contributed by atoms with Crippen molar-refractivity contribution in [2.24, 2.45) is 0 Å². The molecule has 3 rings (SSSR count). The minimum atomic E-state index is -0.979. The average molecular weight is 248 g/mol. The van der Waals surface area contributed by atoms with Gasteiger partial charge in [-0.05, 0) is 31.4 Å². The Morgan fingerprint density at radius 2 is 2.39 bits per heavy atom. The number of morpholine rings is 1. The van der Waals surface area contributed by atoms with Gasteiger partial charge in [-0.1, -0.05) is 0 Å². The third-order valence-electron chi connectivity index (χ3n) is 3.78. The maximum atomic E-state index is 11.0. The van der Waals surface area contributed by atoms with Gasteiger partial charge in [-0.3, -0.25) is 0 Å². The average Bonchev–Trinajstić information content (AvgIpc) is 2.87. The van der Waals surface area contributed by atoms with Gasteiger partial charge in [0.15, 0.2) is 0 Å². The number of hydrogen-bond acceptors (Lipinski definition) is 4. The number of anilines is 1. The number of carboxylic acid groups (broad SMARTS) is 1. The molecule has 96 valence electrons. The van der Waals surface area contributed by atoms with Crippen molar-refractivity contribution in [2.75, 3.05) is 18.1 Å². The first-order valence-electron chi connectivity index (χ1n) is 6.33. The third kappa shape index (κ3) is 1.95. The zero-order chi connectivity index (χ0) is 12.5. The fraction of sp³-hybridized carbons (Fsp3) is 0.538. The SMILES string of the molecule is O=C(O)c1cc(N2CCOC3CCCC32)ccn1. The number of rotatable bonds is 2.